The van der Waals surface area contributed by atoms with Gasteiger partial charge in [-0.05, 0) is 17.2 Å². The lowest BCUT2D eigenvalue weighted by molar-refractivity contribution is 0.390. The number of pyridine rings is 1. The number of hydrogen-bond donors (Lipinski definition) is 0. The highest BCUT2D eigenvalue weighted by Crippen LogP contribution is 2.10. The Morgan fingerprint density at radius 2 is 1.68 bits per heavy atom. The second-order valence-electron chi connectivity index (χ2n) is 5.04. The summed E-state index contributed by atoms with van der Waals surface area (Å²) in [6.07, 6.45) is 3.68. The van der Waals surface area contributed by atoms with Crippen molar-refractivity contribution in [3.63, 3.8) is 0 Å². The van der Waals surface area contributed by atoms with E-state index in [-0.39, 0.29) is 5.56 Å². The first-order chi connectivity index (χ1) is 10.7. The second kappa shape index (κ2) is 6.30. The molecule has 0 atom stereocenters. The van der Waals surface area contributed by atoms with Gasteiger partial charge < -0.3 is 9.30 Å². The van der Waals surface area contributed by atoms with E-state index in [1.807, 2.05) is 35.1 Å². The van der Waals surface area contributed by atoms with Crippen LogP contribution in [0.25, 0.3) is 0 Å². The van der Waals surface area contributed by atoms with Crippen molar-refractivity contribution in [2.75, 3.05) is 7.11 Å². The maximum Gasteiger partial charge on any atom is 0.250 e. The van der Waals surface area contributed by atoms with Crippen molar-refractivity contribution in [1.29, 1.82) is 0 Å². The summed E-state index contributed by atoms with van der Waals surface area (Å²) in [4.78, 5) is 11.7. The van der Waals surface area contributed by atoms with Crippen molar-refractivity contribution in [1.82, 2.24) is 14.3 Å². The largest absolute Gasteiger partial charge is 0.480 e. The van der Waals surface area contributed by atoms with E-state index in [1.165, 1.54) is 0 Å². The molecular formula is C17H17N3O2. The van der Waals surface area contributed by atoms with Crippen molar-refractivity contribution in [2.24, 2.45) is 0 Å². The van der Waals surface area contributed by atoms with Gasteiger partial charge in [0.1, 0.15) is 0 Å². The molecule has 0 aliphatic heterocycles. The van der Waals surface area contributed by atoms with E-state index < -0.39 is 0 Å². The number of benzene rings is 1. The van der Waals surface area contributed by atoms with Gasteiger partial charge in [-0.1, -0.05) is 30.3 Å². The first-order valence-corrected chi connectivity index (χ1v) is 7.05. The van der Waals surface area contributed by atoms with Crippen LogP contribution in [0.3, 0.4) is 0 Å². The average Bonchev–Trinajstić information content (AvgIpc) is 2.99. The third-order valence-electron chi connectivity index (χ3n) is 3.44. The third kappa shape index (κ3) is 3.25. The quantitative estimate of drug-likeness (QED) is 0.724. The zero-order valence-electron chi connectivity index (χ0n) is 12.3. The minimum atomic E-state index is 0.00946. The molecule has 0 saturated heterocycles. The molecule has 0 unspecified atom stereocenters. The van der Waals surface area contributed by atoms with Crippen LogP contribution in [0.4, 0.5) is 0 Å². The van der Waals surface area contributed by atoms with E-state index in [0.717, 1.165) is 11.1 Å². The Morgan fingerprint density at radius 1 is 0.955 bits per heavy atom. The summed E-state index contributed by atoms with van der Waals surface area (Å²) in [6.45, 7) is 1.27. The lowest BCUT2D eigenvalue weighted by Gasteiger charge is -2.07. The molecule has 0 aliphatic carbocycles. The van der Waals surface area contributed by atoms with Crippen LogP contribution in [0.15, 0.2) is 65.7 Å². The highest BCUT2D eigenvalue weighted by molar-refractivity contribution is 5.23. The van der Waals surface area contributed by atoms with E-state index in [0.29, 0.717) is 19.0 Å². The molecule has 0 fully saturated rings. The fourth-order valence-corrected chi connectivity index (χ4v) is 2.27. The molecule has 0 saturated carbocycles. The molecular weight excluding hydrogens is 278 g/mol. The number of aromatic nitrogens is 3. The SMILES string of the molecule is COc1ccn(Cc2ccc(Cn3ccccc3=O)cc2)n1. The van der Waals surface area contributed by atoms with Crippen molar-refractivity contribution < 1.29 is 4.74 Å². The Morgan fingerprint density at radius 3 is 2.32 bits per heavy atom. The summed E-state index contributed by atoms with van der Waals surface area (Å²) in [5.74, 6) is 0.611. The van der Waals surface area contributed by atoms with Crippen LogP contribution >= 0.6 is 0 Å². The van der Waals surface area contributed by atoms with Gasteiger partial charge in [-0.15, -0.1) is 5.10 Å². The molecule has 0 radical (unpaired) electrons. The van der Waals surface area contributed by atoms with Gasteiger partial charge in [-0.3, -0.25) is 9.48 Å². The molecule has 0 amide bonds. The van der Waals surface area contributed by atoms with E-state index in [1.54, 1.807) is 30.0 Å². The minimum Gasteiger partial charge on any atom is -0.480 e. The predicted molar refractivity (Wildman–Crippen MR) is 84.1 cm³/mol. The van der Waals surface area contributed by atoms with Crippen molar-refractivity contribution in [3.8, 4) is 5.88 Å². The molecule has 0 aliphatic rings. The molecule has 3 aromatic rings. The summed E-state index contributed by atoms with van der Waals surface area (Å²) in [7, 11) is 1.60. The number of methoxy groups -OCH3 is 1. The molecule has 0 bridgehead atoms. The zero-order chi connectivity index (χ0) is 15.4. The Balaban J connectivity index is 1.70. The van der Waals surface area contributed by atoms with Crippen LogP contribution in [0.5, 0.6) is 5.88 Å². The zero-order valence-corrected chi connectivity index (χ0v) is 12.3. The summed E-state index contributed by atoms with van der Waals surface area (Å²) in [6, 6.07) is 15.2. The monoisotopic (exact) mass is 295 g/mol. The van der Waals surface area contributed by atoms with Crippen LogP contribution in [-0.2, 0) is 13.1 Å². The molecule has 3 rings (SSSR count). The van der Waals surface area contributed by atoms with Gasteiger partial charge in [0.05, 0.1) is 20.2 Å². The Bertz CT molecular complexity index is 803. The average molecular weight is 295 g/mol. The van der Waals surface area contributed by atoms with Crippen LogP contribution < -0.4 is 10.3 Å². The van der Waals surface area contributed by atoms with E-state index >= 15 is 0 Å². The molecule has 0 spiro atoms. The Kier molecular flexibility index (Phi) is 4.05. The predicted octanol–water partition coefficient (Wildman–Crippen LogP) is 2.15. The number of ether oxygens (including phenoxy) is 1. The van der Waals surface area contributed by atoms with E-state index in [4.69, 9.17) is 4.74 Å². The molecule has 22 heavy (non-hydrogen) atoms. The summed E-state index contributed by atoms with van der Waals surface area (Å²) in [5, 5.41) is 4.27. The van der Waals surface area contributed by atoms with Gasteiger partial charge in [0.25, 0.3) is 5.56 Å². The summed E-state index contributed by atoms with van der Waals surface area (Å²) < 4.78 is 8.58. The molecule has 2 heterocycles. The molecule has 1 aromatic carbocycles. The van der Waals surface area contributed by atoms with Gasteiger partial charge in [-0.25, -0.2) is 0 Å². The maximum atomic E-state index is 11.7. The van der Waals surface area contributed by atoms with Gasteiger partial charge >= 0.3 is 0 Å². The third-order valence-corrected chi connectivity index (χ3v) is 3.44. The van der Waals surface area contributed by atoms with Crippen molar-refractivity contribution >= 4 is 0 Å². The molecule has 2 aromatic heterocycles. The molecule has 5 nitrogen and oxygen atoms in total. The van der Waals surface area contributed by atoms with Crippen LogP contribution in [0.2, 0.25) is 0 Å². The Labute approximate surface area is 128 Å². The first-order valence-electron chi connectivity index (χ1n) is 7.05. The topological polar surface area (TPSA) is 49.0 Å². The molecule has 112 valence electrons. The van der Waals surface area contributed by atoms with Crippen LogP contribution in [0, 0.1) is 0 Å². The molecule has 5 heteroatoms. The fourth-order valence-electron chi connectivity index (χ4n) is 2.27. The van der Waals surface area contributed by atoms with Gasteiger partial charge in [0.15, 0.2) is 0 Å². The summed E-state index contributed by atoms with van der Waals surface area (Å²) >= 11 is 0. The highest BCUT2D eigenvalue weighted by Gasteiger charge is 2.01. The van der Waals surface area contributed by atoms with Gasteiger partial charge in [0, 0.05) is 24.5 Å². The highest BCUT2D eigenvalue weighted by atomic mass is 16.5. The van der Waals surface area contributed by atoms with Crippen LogP contribution in [-0.4, -0.2) is 21.5 Å². The molecule has 0 N–H and O–H groups in total. The lowest BCUT2D eigenvalue weighted by Crippen LogP contribution is -2.18. The van der Waals surface area contributed by atoms with E-state index in [9.17, 15) is 4.79 Å². The fraction of sp³-hybridized carbons (Fsp3) is 0.176. The Hall–Kier alpha value is -2.82. The summed E-state index contributed by atoms with van der Waals surface area (Å²) in [5.41, 5.74) is 2.25. The number of rotatable bonds is 5. The maximum absolute atomic E-state index is 11.7. The minimum absolute atomic E-state index is 0.00946. The standard InChI is InChI=1S/C17H17N3O2/c1-22-16-9-11-20(18-16)13-15-7-5-14(6-8-15)12-19-10-3-2-4-17(19)21/h2-11H,12-13H2,1H3. The van der Waals surface area contributed by atoms with Crippen molar-refractivity contribution in [2.45, 2.75) is 13.1 Å². The normalized spacial score (nSPS) is 10.6. The second-order valence-corrected chi connectivity index (χ2v) is 5.04. The lowest BCUT2D eigenvalue weighted by atomic mass is 10.1. The number of nitrogens with zero attached hydrogens (tertiary/aromatic N) is 3. The van der Waals surface area contributed by atoms with E-state index in [2.05, 4.69) is 17.2 Å². The first kappa shape index (κ1) is 14.1. The van der Waals surface area contributed by atoms with Crippen LogP contribution in [0.1, 0.15) is 11.1 Å². The van der Waals surface area contributed by atoms with Gasteiger partial charge in [0.2, 0.25) is 5.88 Å². The van der Waals surface area contributed by atoms with Crippen molar-refractivity contribution in [3.05, 3.63) is 82.4 Å². The number of hydrogen-bond acceptors (Lipinski definition) is 3. The van der Waals surface area contributed by atoms with Gasteiger partial charge in [-0.2, -0.15) is 0 Å². The smallest absolute Gasteiger partial charge is 0.250 e.